The Morgan fingerprint density at radius 1 is 1.31 bits per heavy atom. The van der Waals surface area contributed by atoms with Gasteiger partial charge < -0.3 is 16.4 Å². The quantitative estimate of drug-likeness (QED) is 0.501. The third kappa shape index (κ3) is 5.89. The van der Waals surface area contributed by atoms with Crippen LogP contribution in [0.1, 0.15) is 20.8 Å². The zero-order chi connectivity index (χ0) is 12.9. The number of carbonyl (C=O) groups is 3. The number of halogens is 1. The fourth-order valence-corrected chi connectivity index (χ4v) is 2.05. The lowest BCUT2D eigenvalue weighted by Crippen LogP contribution is -2.52. The number of hydrogen-bond donors (Lipinski definition) is 3. The highest BCUT2D eigenvalue weighted by atomic mass is 127. The molecule has 0 saturated carbocycles. The number of nitrogens with two attached hydrogens (primary N) is 1. The van der Waals surface area contributed by atoms with Crippen LogP contribution in [-0.2, 0) is 9.59 Å². The number of amides is 3. The standard InChI is InChI=1S/C9H16IN3O3/c1-9(2,3)6(7(10)15)13-8(16)12-4-5(11)14/h6H,4H2,1-3H3,(H2,11,14)(H2,12,13,16). The first-order valence-electron chi connectivity index (χ1n) is 4.66. The third-order valence-electron chi connectivity index (χ3n) is 1.79. The maximum Gasteiger partial charge on any atom is 0.315 e. The number of nitrogens with one attached hydrogen (secondary N) is 2. The maximum absolute atomic E-state index is 11.3. The van der Waals surface area contributed by atoms with E-state index >= 15 is 0 Å². The molecule has 0 aliphatic rings. The van der Waals surface area contributed by atoms with Gasteiger partial charge in [-0.1, -0.05) is 20.8 Å². The van der Waals surface area contributed by atoms with Gasteiger partial charge in [0.1, 0.15) is 6.04 Å². The van der Waals surface area contributed by atoms with Gasteiger partial charge in [-0.15, -0.1) is 0 Å². The fraction of sp³-hybridized carbons (Fsp3) is 0.667. The summed E-state index contributed by atoms with van der Waals surface area (Å²) in [6.45, 7) is 5.26. The minimum absolute atomic E-state index is 0.167. The molecule has 1 atom stereocenters. The Morgan fingerprint density at radius 2 is 1.81 bits per heavy atom. The van der Waals surface area contributed by atoms with Crippen molar-refractivity contribution in [1.29, 1.82) is 0 Å². The highest BCUT2D eigenvalue weighted by Crippen LogP contribution is 2.21. The average Bonchev–Trinajstić information content (AvgIpc) is 2.08. The second-order valence-corrected chi connectivity index (χ2v) is 5.46. The lowest BCUT2D eigenvalue weighted by Gasteiger charge is -2.28. The van der Waals surface area contributed by atoms with E-state index in [0.717, 1.165) is 0 Å². The summed E-state index contributed by atoms with van der Waals surface area (Å²) in [5, 5.41) is 4.76. The van der Waals surface area contributed by atoms with Crippen molar-refractivity contribution in [3.63, 3.8) is 0 Å². The largest absolute Gasteiger partial charge is 0.368 e. The van der Waals surface area contributed by atoms with Crippen LogP contribution in [-0.4, -0.2) is 28.3 Å². The molecule has 4 N–H and O–H groups in total. The molecule has 0 rings (SSSR count). The van der Waals surface area contributed by atoms with Crippen molar-refractivity contribution >= 4 is 38.3 Å². The van der Waals surface area contributed by atoms with E-state index in [1.807, 2.05) is 20.8 Å². The summed E-state index contributed by atoms with van der Waals surface area (Å²) in [7, 11) is 0. The van der Waals surface area contributed by atoms with Crippen LogP contribution in [0, 0.1) is 5.41 Å². The van der Waals surface area contributed by atoms with Crippen molar-refractivity contribution in [2.45, 2.75) is 26.8 Å². The van der Waals surface area contributed by atoms with Crippen molar-refractivity contribution in [1.82, 2.24) is 10.6 Å². The molecule has 0 aromatic carbocycles. The van der Waals surface area contributed by atoms with Crippen LogP contribution in [0.2, 0.25) is 0 Å². The SMILES string of the molecule is CC(C)(C)C(NC(=O)NCC(N)=O)C(=O)I. The summed E-state index contributed by atoms with van der Waals surface area (Å²) in [5.74, 6) is -0.636. The van der Waals surface area contributed by atoms with Gasteiger partial charge in [-0.2, -0.15) is 0 Å². The molecule has 0 aromatic rings. The van der Waals surface area contributed by atoms with E-state index in [0.29, 0.717) is 0 Å². The number of carbonyl (C=O) groups excluding carboxylic acids is 3. The van der Waals surface area contributed by atoms with Crippen molar-refractivity contribution in [2.24, 2.45) is 11.1 Å². The lowest BCUT2D eigenvalue weighted by molar-refractivity contribution is -0.117. The van der Waals surface area contributed by atoms with Gasteiger partial charge in [-0.05, 0) is 5.41 Å². The molecule has 0 bridgehead atoms. The molecule has 0 aliphatic carbocycles. The molecule has 3 amide bonds. The Hall–Kier alpha value is -0.860. The first-order valence-corrected chi connectivity index (χ1v) is 5.74. The van der Waals surface area contributed by atoms with Gasteiger partial charge in [-0.3, -0.25) is 9.59 Å². The van der Waals surface area contributed by atoms with E-state index in [9.17, 15) is 14.4 Å². The van der Waals surface area contributed by atoms with Crippen molar-refractivity contribution in [3.8, 4) is 0 Å². The third-order valence-corrected chi connectivity index (χ3v) is 2.41. The second kappa shape index (κ2) is 6.02. The van der Waals surface area contributed by atoms with Gasteiger partial charge in [0.15, 0.2) is 0 Å². The van der Waals surface area contributed by atoms with E-state index in [4.69, 9.17) is 5.73 Å². The fourth-order valence-electron chi connectivity index (χ4n) is 0.963. The highest BCUT2D eigenvalue weighted by molar-refractivity contribution is 14.1. The Kier molecular flexibility index (Phi) is 5.70. The second-order valence-electron chi connectivity index (χ2n) is 4.40. The smallest absolute Gasteiger partial charge is 0.315 e. The van der Waals surface area contributed by atoms with Crippen LogP contribution in [0.25, 0.3) is 0 Å². The first-order chi connectivity index (χ1) is 7.14. The van der Waals surface area contributed by atoms with Gasteiger partial charge >= 0.3 is 6.03 Å². The molecule has 92 valence electrons. The molecule has 16 heavy (non-hydrogen) atoms. The summed E-state index contributed by atoms with van der Waals surface area (Å²) in [4.78, 5) is 33.1. The predicted octanol–water partition coefficient (Wildman–Crippen LogP) is 0.147. The molecule has 0 spiro atoms. The van der Waals surface area contributed by atoms with Crippen LogP contribution in [0.15, 0.2) is 0 Å². The molecule has 0 saturated heterocycles. The van der Waals surface area contributed by atoms with Crippen LogP contribution >= 0.6 is 22.6 Å². The van der Waals surface area contributed by atoms with Gasteiger partial charge in [0, 0.05) is 22.6 Å². The molecule has 0 radical (unpaired) electrons. The summed E-state index contributed by atoms with van der Waals surface area (Å²) in [6.07, 6.45) is 0. The Balaban J connectivity index is 4.37. The molecule has 0 fully saturated rings. The lowest BCUT2D eigenvalue weighted by atomic mass is 9.88. The number of rotatable bonds is 4. The summed E-state index contributed by atoms with van der Waals surface area (Å²) >= 11 is 1.63. The van der Waals surface area contributed by atoms with Crippen LogP contribution < -0.4 is 16.4 Å². The van der Waals surface area contributed by atoms with Crippen molar-refractivity contribution < 1.29 is 14.4 Å². The van der Waals surface area contributed by atoms with E-state index in [-0.39, 0.29) is 15.7 Å². The normalized spacial score (nSPS) is 12.8. The van der Waals surface area contributed by atoms with Crippen LogP contribution in [0.4, 0.5) is 4.79 Å². The Morgan fingerprint density at radius 3 is 2.12 bits per heavy atom. The summed E-state index contributed by atoms with van der Waals surface area (Å²) < 4.78 is -0.167. The molecule has 0 aromatic heterocycles. The Labute approximate surface area is 108 Å². The molecular weight excluding hydrogens is 325 g/mol. The topological polar surface area (TPSA) is 101 Å². The number of urea groups is 1. The molecule has 0 heterocycles. The minimum Gasteiger partial charge on any atom is -0.368 e. The van der Waals surface area contributed by atoms with E-state index < -0.39 is 18.0 Å². The molecule has 0 aliphatic heterocycles. The van der Waals surface area contributed by atoms with E-state index in [1.165, 1.54) is 0 Å². The minimum atomic E-state index is -0.636. The zero-order valence-electron chi connectivity index (χ0n) is 9.46. The molecule has 6 nitrogen and oxygen atoms in total. The van der Waals surface area contributed by atoms with E-state index in [1.54, 1.807) is 22.6 Å². The molecular formula is C9H16IN3O3. The van der Waals surface area contributed by atoms with Crippen LogP contribution in [0.3, 0.4) is 0 Å². The number of hydrogen-bond acceptors (Lipinski definition) is 3. The highest BCUT2D eigenvalue weighted by Gasteiger charge is 2.31. The summed E-state index contributed by atoms with van der Waals surface area (Å²) in [5.41, 5.74) is 4.48. The Bertz CT molecular complexity index is 299. The predicted molar refractivity (Wildman–Crippen MR) is 68.0 cm³/mol. The van der Waals surface area contributed by atoms with Gasteiger partial charge in [-0.25, -0.2) is 4.79 Å². The first kappa shape index (κ1) is 15.1. The van der Waals surface area contributed by atoms with Gasteiger partial charge in [0.25, 0.3) is 0 Å². The average molecular weight is 341 g/mol. The van der Waals surface area contributed by atoms with Crippen LogP contribution in [0.5, 0.6) is 0 Å². The number of primary amides is 1. The van der Waals surface area contributed by atoms with Gasteiger partial charge in [0.05, 0.1) is 6.54 Å². The maximum atomic E-state index is 11.3. The van der Waals surface area contributed by atoms with E-state index in [2.05, 4.69) is 10.6 Å². The molecule has 1 unspecified atom stereocenters. The monoisotopic (exact) mass is 341 g/mol. The molecule has 7 heteroatoms. The summed E-state index contributed by atoms with van der Waals surface area (Å²) in [6, 6.07) is -1.19. The van der Waals surface area contributed by atoms with Crippen molar-refractivity contribution in [2.75, 3.05) is 6.54 Å². The van der Waals surface area contributed by atoms with Gasteiger partial charge in [0.2, 0.25) is 9.70 Å². The van der Waals surface area contributed by atoms with Crippen molar-refractivity contribution in [3.05, 3.63) is 0 Å². The zero-order valence-corrected chi connectivity index (χ0v) is 11.6.